The number of anilines is 1. The van der Waals surface area contributed by atoms with Crippen molar-refractivity contribution in [3.63, 3.8) is 0 Å². The lowest BCUT2D eigenvalue weighted by molar-refractivity contribution is -0.141. The largest absolute Gasteiger partial charge is 0.495 e. The fourth-order valence-corrected chi connectivity index (χ4v) is 4.03. The van der Waals surface area contributed by atoms with Crippen molar-refractivity contribution < 1.29 is 17.9 Å². The van der Waals surface area contributed by atoms with Gasteiger partial charge in [0.25, 0.3) is 5.56 Å². The van der Waals surface area contributed by atoms with Gasteiger partial charge in [-0.3, -0.25) is 14.8 Å². The topological polar surface area (TPSA) is 85.5 Å². The quantitative estimate of drug-likeness (QED) is 0.455. The first-order chi connectivity index (χ1) is 16.2. The van der Waals surface area contributed by atoms with Crippen LogP contribution in [0.5, 0.6) is 5.75 Å². The van der Waals surface area contributed by atoms with Crippen molar-refractivity contribution >= 4 is 11.5 Å². The number of hydrogen-bond donors (Lipinski definition) is 0. The number of nitrogens with zero attached hydrogens (tertiary/aromatic N) is 6. The summed E-state index contributed by atoms with van der Waals surface area (Å²) in [5, 5.41) is 4.35. The summed E-state index contributed by atoms with van der Waals surface area (Å²) in [5.41, 5.74) is 2.06. The van der Waals surface area contributed by atoms with E-state index in [4.69, 9.17) is 4.74 Å². The number of hydrogen-bond acceptors (Lipinski definition) is 7. The minimum Gasteiger partial charge on any atom is -0.495 e. The number of ether oxygens (including phenoxy) is 1. The minimum atomic E-state index is -4.71. The molecule has 0 saturated heterocycles. The second-order valence-corrected chi connectivity index (χ2v) is 8.01. The van der Waals surface area contributed by atoms with Crippen molar-refractivity contribution in [3.05, 3.63) is 75.7 Å². The highest BCUT2D eigenvalue weighted by atomic mass is 19.4. The predicted molar refractivity (Wildman–Crippen MR) is 118 cm³/mol. The second kappa shape index (κ2) is 8.08. The Morgan fingerprint density at radius 1 is 1.06 bits per heavy atom. The lowest BCUT2D eigenvalue weighted by atomic mass is 10.0. The number of alkyl halides is 3. The molecular weight excluding hydrogens is 449 g/mol. The van der Waals surface area contributed by atoms with Gasteiger partial charge < -0.3 is 9.64 Å². The van der Waals surface area contributed by atoms with Crippen LogP contribution in [-0.2, 0) is 19.1 Å². The van der Waals surface area contributed by atoms with E-state index in [9.17, 15) is 18.0 Å². The molecule has 1 aliphatic rings. The molecule has 0 amide bonds. The van der Waals surface area contributed by atoms with Crippen LogP contribution in [0.15, 0.2) is 47.7 Å². The van der Waals surface area contributed by atoms with Crippen molar-refractivity contribution in [2.24, 2.45) is 0 Å². The van der Waals surface area contributed by atoms with Crippen LogP contribution in [0.1, 0.15) is 22.5 Å². The number of aryl methyl sites for hydroxylation is 1. The fraction of sp³-hybridized carbons (Fsp3) is 0.261. The van der Waals surface area contributed by atoms with Gasteiger partial charge in [-0.05, 0) is 36.2 Å². The maximum absolute atomic E-state index is 13.0. The molecule has 0 spiro atoms. The number of pyridine rings is 2. The number of methoxy groups -OCH3 is 1. The molecule has 4 aromatic rings. The molecule has 8 nitrogen and oxygen atoms in total. The smallest absolute Gasteiger partial charge is 0.433 e. The molecule has 0 N–H and O–H groups in total. The van der Waals surface area contributed by atoms with Crippen LogP contribution in [0, 0.1) is 6.92 Å². The van der Waals surface area contributed by atoms with Crippen LogP contribution in [-0.4, -0.2) is 38.2 Å². The summed E-state index contributed by atoms with van der Waals surface area (Å²) >= 11 is 0. The van der Waals surface area contributed by atoms with Gasteiger partial charge in [0.15, 0.2) is 17.2 Å². The van der Waals surface area contributed by atoms with Gasteiger partial charge in [0.1, 0.15) is 5.75 Å². The first kappa shape index (κ1) is 21.8. The summed E-state index contributed by atoms with van der Waals surface area (Å²) in [6.07, 6.45) is 1.11. The van der Waals surface area contributed by atoms with Crippen molar-refractivity contribution in [3.8, 4) is 16.9 Å². The molecule has 0 aromatic carbocycles. The standard InChI is InChI=1S/C23H19F3N6O2/c1-13-5-20-29-19(23(24,25)26)8-21(33)32(20)30-22(13)31-4-3-18-16(12-31)6-14(10-28-18)15-7-17(34-2)11-27-9-15/h5-11H,3-4,12H2,1-2H3. The Morgan fingerprint density at radius 3 is 2.62 bits per heavy atom. The summed E-state index contributed by atoms with van der Waals surface area (Å²) in [6, 6.07) is 5.82. The lowest BCUT2D eigenvalue weighted by Gasteiger charge is -2.30. The first-order valence-corrected chi connectivity index (χ1v) is 10.4. The molecule has 5 rings (SSSR count). The van der Waals surface area contributed by atoms with Gasteiger partial charge in [0.05, 0.1) is 13.3 Å². The Bertz CT molecular complexity index is 1470. The third-order valence-corrected chi connectivity index (χ3v) is 5.73. The molecular formula is C23H19F3N6O2. The maximum atomic E-state index is 13.0. The van der Waals surface area contributed by atoms with Crippen molar-refractivity contribution in [1.82, 2.24) is 24.6 Å². The summed E-state index contributed by atoms with van der Waals surface area (Å²) in [4.78, 5) is 26.7. The van der Waals surface area contributed by atoms with Crippen molar-refractivity contribution in [2.75, 3.05) is 18.6 Å². The van der Waals surface area contributed by atoms with Crippen LogP contribution in [0.25, 0.3) is 16.8 Å². The van der Waals surface area contributed by atoms with Gasteiger partial charge >= 0.3 is 6.18 Å². The highest BCUT2D eigenvalue weighted by Crippen LogP contribution is 2.30. The summed E-state index contributed by atoms with van der Waals surface area (Å²) < 4.78 is 45.3. The third kappa shape index (κ3) is 3.93. The van der Waals surface area contributed by atoms with Gasteiger partial charge in [0.2, 0.25) is 0 Å². The molecule has 0 radical (unpaired) electrons. The third-order valence-electron chi connectivity index (χ3n) is 5.73. The van der Waals surface area contributed by atoms with E-state index in [-0.39, 0.29) is 5.65 Å². The molecule has 0 atom stereocenters. The summed E-state index contributed by atoms with van der Waals surface area (Å²) in [7, 11) is 1.58. The van der Waals surface area contributed by atoms with Gasteiger partial charge in [-0.2, -0.15) is 17.7 Å². The molecule has 0 fully saturated rings. The SMILES string of the molecule is COc1cncc(-c2cnc3c(c2)CN(c2nn4c(=O)cc(C(F)(F)F)nc4cc2C)CC3)c1. The molecule has 11 heteroatoms. The Balaban J connectivity index is 1.51. The Hall–Kier alpha value is -4.02. The number of halogens is 3. The highest BCUT2D eigenvalue weighted by Gasteiger charge is 2.34. The van der Waals surface area contributed by atoms with E-state index in [1.54, 1.807) is 32.6 Å². The van der Waals surface area contributed by atoms with E-state index in [2.05, 4.69) is 20.1 Å². The number of fused-ring (bicyclic) bond motifs is 2. The van der Waals surface area contributed by atoms with Gasteiger partial charge in [-0.25, -0.2) is 4.98 Å². The molecule has 0 bridgehead atoms. The van der Waals surface area contributed by atoms with Gasteiger partial charge in [-0.1, -0.05) is 0 Å². The van der Waals surface area contributed by atoms with E-state index in [0.29, 0.717) is 42.7 Å². The maximum Gasteiger partial charge on any atom is 0.433 e. The average Bonchev–Trinajstić information content (AvgIpc) is 2.82. The Kier molecular flexibility index (Phi) is 5.18. The zero-order valence-electron chi connectivity index (χ0n) is 18.3. The second-order valence-electron chi connectivity index (χ2n) is 8.01. The van der Waals surface area contributed by atoms with Crippen molar-refractivity contribution in [1.29, 1.82) is 0 Å². The molecule has 0 unspecified atom stereocenters. The van der Waals surface area contributed by atoms with Crippen LogP contribution in [0.2, 0.25) is 0 Å². The van der Waals surface area contributed by atoms with Crippen molar-refractivity contribution in [2.45, 2.75) is 26.1 Å². The fourth-order valence-electron chi connectivity index (χ4n) is 4.03. The van der Waals surface area contributed by atoms with Gasteiger partial charge in [-0.15, -0.1) is 5.10 Å². The van der Waals surface area contributed by atoms with E-state index >= 15 is 0 Å². The molecule has 5 heterocycles. The zero-order chi connectivity index (χ0) is 24.0. The highest BCUT2D eigenvalue weighted by molar-refractivity contribution is 5.65. The van der Waals surface area contributed by atoms with Gasteiger partial charge in [0, 0.05) is 54.8 Å². The van der Waals surface area contributed by atoms with E-state index in [0.717, 1.165) is 26.9 Å². The van der Waals surface area contributed by atoms with E-state index < -0.39 is 17.4 Å². The molecule has 0 saturated carbocycles. The number of aromatic nitrogens is 5. The minimum absolute atomic E-state index is 0.145. The predicted octanol–water partition coefficient (Wildman–Crippen LogP) is 3.45. The molecule has 0 aliphatic carbocycles. The van der Waals surface area contributed by atoms with Crippen LogP contribution in [0.4, 0.5) is 19.0 Å². The van der Waals surface area contributed by atoms with Crippen LogP contribution >= 0.6 is 0 Å². The molecule has 1 aliphatic heterocycles. The van der Waals surface area contributed by atoms with E-state index in [1.165, 1.54) is 6.07 Å². The van der Waals surface area contributed by atoms with Crippen LogP contribution < -0.4 is 15.2 Å². The van der Waals surface area contributed by atoms with Crippen LogP contribution in [0.3, 0.4) is 0 Å². The monoisotopic (exact) mass is 468 g/mol. The average molecular weight is 468 g/mol. The Morgan fingerprint density at radius 2 is 1.85 bits per heavy atom. The first-order valence-electron chi connectivity index (χ1n) is 10.4. The molecule has 174 valence electrons. The lowest BCUT2D eigenvalue weighted by Crippen LogP contribution is -2.33. The molecule has 4 aromatic heterocycles. The summed E-state index contributed by atoms with van der Waals surface area (Å²) in [6.45, 7) is 2.82. The number of rotatable bonds is 3. The Labute approximate surface area is 191 Å². The zero-order valence-corrected chi connectivity index (χ0v) is 18.3. The molecule has 34 heavy (non-hydrogen) atoms. The normalized spacial score (nSPS) is 13.7. The summed E-state index contributed by atoms with van der Waals surface area (Å²) in [5.74, 6) is 1.15. The van der Waals surface area contributed by atoms with E-state index in [1.807, 2.05) is 17.0 Å².